The van der Waals surface area contributed by atoms with Gasteiger partial charge in [-0.25, -0.2) is 19.9 Å². The number of hydrogen-bond donors (Lipinski definition) is 1. The zero-order chi connectivity index (χ0) is 19.8. The number of nitrogen functional groups attached to an aromatic ring is 1. The Bertz CT molecular complexity index is 1050. The molecule has 2 N–H and O–H groups in total. The van der Waals surface area contributed by atoms with Crippen LogP contribution in [0.25, 0.3) is 11.2 Å². The first-order chi connectivity index (χ1) is 14.1. The molecule has 0 unspecified atom stereocenters. The number of fused-ring (bicyclic) bond motifs is 1. The van der Waals surface area contributed by atoms with Gasteiger partial charge in [-0.3, -0.25) is 0 Å². The van der Waals surface area contributed by atoms with Crippen molar-refractivity contribution >= 4 is 46.2 Å². The van der Waals surface area contributed by atoms with Gasteiger partial charge in [0.05, 0.1) is 17.7 Å². The van der Waals surface area contributed by atoms with E-state index in [0.717, 1.165) is 60.4 Å². The fourth-order valence-electron chi connectivity index (χ4n) is 3.96. The van der Waals surface area contributed by atoms with Crippen molar-refractivity contribution in [1.82, 2.24) is 19.9 Å². The van der Waals surface area contributed by atoms with E-state index in [-0.39, 0.29) is 0 Å². The molecule has 3 aromatic rings. The minimum atomic E-state index is 0.369. The Morgan fingerprint density at radius 3 is 2.69 bits per heavy atom. The molecule has 2 saturated heterocycles. The highest BCUT2D eigenvalue weighted by Crippen LogP contribution is 2.40. The first kappa shape index (κ1) is 18.8. The molecular formula is C20H21ClN6OS. The summed E-state index contributed by atoms with van der Waals surface area (Å²) in [7, 11) is 0. The molecule has 1 spiro atoms. The molecule has 0 atom stereocenters. The van der Waals surface area contributed by atoms with Crippen LogP contribution in [0, 0.1) is 5.41 Å². The summed E-state index contributed by atoms with van der Waals surface area (Å²) >= 11 is 7.60. The Labute approximate surface area is 178 Å². The second kappa shape index (κ2) is 7.59. The number of hydrogen-bond acceptors (Lipinski definition) is 8. The average molecular weight is 429 g/mol. The summed E-state index contributed by atoms with van der Waals surface area (Å²) in [6, 6.07) is 7.45. The minimum absolute atomic E-state index is 0.369. The van der Waals surface area contributed by atoms with Gasteiger partial charge in [-0.15, -0.1) is 0 Å². The quantitative estimate of drug-likeness (QED) is 0.629. The number of aromatic nitrogens is 4. The van der Waals surface area contributed by atoms with E-state index < -0.39 is 0 Å². The molecule has 2 aliphatic heterocycles. The van der Waals surface area contributed by atoms with E-state index >= 15 is 0 Å². The van der Waals surface area contributed by atoms with Crippen LogP contribution in [0.5, 0.6) is 0 Å². The lowest BCUT2D eigenvalue weighted by Crippen LogP contribution is -2.40. The van der Waals surface area contributed by atoms with Gasteiger partial charge in [-0.05, 0) is 48.9 Å². The fraction of sp³-hybridized carbons (Fsp3) is 0.400. The molecule has 5 heterocycles. The van der Waals surface area contributed by atoms with Crippen molar-refractivity contribution in [2.75, 3.05) is 36.9 Å². The van der Waals surface area contributed by atoms with E-state index in [0.29, 0.717) is 22.0 Å². The Kier molecular flexibility index (Phi) is 4.93. The van der Waals surface area contributed by atoms with Crippen LogP contribution in [0.3, 0.4) is 0 Å². The number of anilines is 2. The van der Waals surface area contributed by atoms with Crippen LogP contribution < -0.4 is 10.6 Å². The van der Waals surface area contributed by atoms with Crippen molar-refractivity contribution in [2.24, 2.45) is 5.41 Å². The lowest BCUT2D eigenvalue weighted by molar-refractivity contribution is 0.133. The van der Waals surface area contributed by atoms with Crippen molar-refractivity contribution in [1.29, 1.82) is 0 Å². The first-order valence-corrected chi connectivity index (χ1v) is 10.9. The molecule has 0 aliphatic carbocycles. The monoisotopic (exact) mass is 428 g/mol. The molecule has 2 aliphatic rings. The average Bonchev–Trinajstić information content (AvgIpc) is 3.18. The molecule has 150 valence electrons. The van der Waals surface area contributed by atoms with Crippen LogP contribution in [-0.2, 0) is 4.74 Å². The third-order valence-electron chi connectivity index (χ3n) is 5.75. The Morgan fingerprint density at radius 1 is 1.07 bits per heavy atom. The number of halogens is 1. The normalized spacial score (nSPS) is 18.6. The molecule has 0 aromatic carbocycles. The van der Waals surface area contributed by atoms with Crippen LogP contribution in [0.2, 0.25) is 5.15 Å². The van der Waals surface area contributed by atoms with Gasteiger partial charge in [0.2, 0.25) is 0 Å². The van der Waals surface area contributed by atoms with Gasteiger partial charge >= 0.3 is 0 Å². The van der Waals surface area contributed by atoms with Crippen LogP contribution in [0.4, 0.5) is 11.6 Å². The van der Waals surface area contributed by atoms with Gasteiger partial charge in [-0.1, -0.05) is 23.4 Å². The van der Waals surface area contributed by atoms with Crippen LogP contribution in [0.15, 0.2) is 40.4 Å². The maximum Gasteiger partial charge on any atom is 0.179 e. The molecule has 0 saturated carbocycles. The molecule has 5 rings (SSSR count). The molecule has 7 nitrogen and oxygen atoms in total. The van der Waals surface area contributed by atoms with Gasteiger partial charge < -0.3 is 15.4 Å². The molecule has 9 heteroatoms. The summed E-state index contributed by atoms with van der Waals surface area (Å²) in [6.07, 6.45) is 5.31. The Hall–Kier alpha value is -2.16. The molecule has 29 heavy (non-hydrogen) atoms. The third kappa shape index (κ3) is 3.84. The highest BCUT2D eigenvalue weighted by atomic mass is 35.5. The van der Waals surface area contributed by atoms with E-state index in [9.17, 15) is 0 Å². The lowest BCUT2D eigenvalue weighted by atomic mass is 9.78. The SMILES string of the molecule is Nc1ccc(Sc2ccc3nc(N4CCC5(CCOC5)CC4)cnc3n2)c(Cl)n1. The minimum Gasteiger partial charge on any atom is -0.384 e. The number of piperidine rings is 1. The zero-order valence-electron chi connectivity index (χ0n) is 15.8. The lowest BCUT2D eigenvalue weighted by Gasteiger charge is -2.38. The number of nitrogens with zero attached hydrogens (tertiary/aromatic N) is 5. The fourth-order valence-corrected chi connectivity index (χ4v) is 5.00. The number of nitrogens with two attached hydrogens (primary N) is 1. The second-order valence-corrected chi connectivity index (χ2v) is 9.06. The molecule has 0 amide bonds. The van der Waals surface area contributed by atoms with Crippen LogP contribution >= 0.6 is 23.4 Å². The summed E-state index contributed by atoms with van der Waals surface area (Å²) in [4.78, 5) is 21.2. The molecule has 3 aromatic heterocycles. The van der Waals surface area contributed by atoms with Crippen molar-refractivity contribution in [2.45, 2.75) is 29.2 Å². The summed E-state index contributed by atoms with van der Waals surface area (Å²) in [5, 5.41) is 1.16. The molecule has 2 fully saturated rings. The van der Waals surface area contributed by atoms with Crippen molar-refractivity contribution in [3.05, 3.63) is 35.6 Å². The zero-order valence-corrected chi connectivity index (χ0v) is 17.4. The maximum atomic E-state index is 6.17. The van der Waals surface area contributed by atoms with Gasteiger partial charge in [-0.2, -0.15) is 0 Å². The Balaban J connectivity index is 1.33. The largest absolute Gasteiger partial charge is 0.384 e. The van der Waals surface area contributed by atoms with E-state index in [2.05, 4.69) is 19.9 Å². The number of pyridine rings is 2. The third-order valence-corrected chi connectivity index (χ3v) is 7.14. The second-order valence-electron chi connectivity index (χ2n) is 7.64. The predicted octanol–water partition coefficient (Wildman–Crippen LogP) is 3.81. The number of rotatable bonds is 3. The predicted molar refractivity (Wildman–Crippen MR) is 114 cm³/mol. The van der Waals surface area contributed by atoms with Crippen LogP contribution in [0.1, 0.15) is 19.3 Å². The standard InChI is InChI=1S/C20H21ClN6OS/c21-18-14(2-3-15(22)25-18)29-17-4-1-13-19(26-17)23-11-16(24-13)27-8-5-20(6-9-27)7-10-28-12-20/h1-4,11H,5-10,12H2,(H2,22,25). The Morgan fingerprint density at radius 2 is 1.93 bits per heavy atom. The smallest absolute Gasteiger partial charge is 0.179 e. The highest BCUT2D eigenvalue weighted by molar-refractivity contribution is 7.99. The van der Waals surface area contributed by atoms with Gasteiger partial charge in [0, 0.05) is 19.7 Å². The van der Waals surface area contributed by atoms with E-state index in [1.54, 1.807) is 6.07 Å². The molecule has 0 bridgehead atoms. The first-order valence-electron chi connectivity index (χ1n) is 9.67. The molecular weight excluding hydrogens is 408 g/mol. The van der Waals surface area contributed by atoms with Crippen molar-refractivity contribution < 1.29 is 4.74 Å². The van der Waals surface area contributed by atoms with Gasteiger partial charge in [0.25, 0.3) is 0 Å². The van der Waals surface area contributed by atoms with Crippen molar-refractivity contribution in [3.63, 3.8) is 0 Å². The van der Waals surface area contributed by atoms with Gasteiger partial charge in [0.1, 0.15) is 27.3 Å². The topological polar surface area (TPSA) is 90.0 Å². The van der Waals surface area contributed by atoms with E-state index in [4.69, 9.17) is 27.1 Å². The maximum absolute atomic E-state index is 6.17. The number of ether oxygens (including phenoxy) is 1. The van der Waals surface area contributed by atoms with Gasteiger partial charge in [0.15, 0.2) is 5.65 Å². The van der Waals surface area contributed by atoms with E-state index in [1.807, 2.05) is 24.4 Å². The highest BCUT2D eigenvalue weighted by Gasteiger charge is 2.38. The van der Waals surface area contributed by atoms with Crippen molar-refractivity contribution in [3.8, 4) is 0 Å². The van der Waals surface area contributed by atoms with E-state index in [1.165, 1.54) is 18.2 Å². The summed E-state index contributed by atoms with van der Waals surface area (Å²) in [5.41, 5.74) is 7.45. The summed E-state index contributed by atoms with van der Waals surface area (Å²) in [5.74, 6) is 1.31. The summed E-state index contributed by atoms with van der Waals surface area (Å²) in [6.45, 7) is 3.79. The summed E-state index contributed by atoms with van der Waals surface area (Å²) < 4.78 is 5.63. The molecule has 0 radical (unpaired) electrons. The van der Waals surface area contributed by atoms with Crippen LogP contribution in [-0.4, -0.2) is 46.2 Å².